The molecule has 0 spiro atoms. The van der Waals surface area contributed by atoms with E-state index >= 15 is 0 Å². The summed E-state index contributed by atoms with van der Waals surface area (Å²) in [5.41, 5.74) is 1.76. The van der Waals surface area contributed by atoms with E-state index in [2.05, 4.69) is 10.3 Å². The van der Waals surface area contributed by atoms with Gasteiger partial charge in [0.15, 0.2) is 0 Å². The van der Waals surface area contributed by atoms with Gasteiger partial charge < -0.3 is 20.3 Å². The third kappa shape index (κ3) is 3.68. The topological polar surface area (TPSA) is 102 Å². The van der Waals surface area contributed by atoms with E-state index in [9.17, 15) is 23.9 Å². The lowest BCUT2D eigenvalue weighted by atomic mass is 10.00. The van der Waals surface area contributed by atoms with Crippen LogP contribution in [-0.4, -0.2) is 45.4 Å². The monoisotopic (exact) mass is 421 g/mol. The van der Waals surface area contributed by atoms with Gasteiger partial charge in [-0.25, -0.2) is 9.18 Å². The van der Waals surface area contributed by atoms with E-state index in [0.717, 1.165) is 27.9 Å². The molecular formula is C23H20FN3O4. The Hall–Kier alpha value is -3.94. The van der Waals surface area contributed by atoms with Crippen LogP contribution in [0, 0.1) is 5.82 Å². The highest BCUT2D eigenvalue weighted by Gasteiger charge is 2.36. The number of carbonyl (C=O) groups excluding carboxylic acids is 2. The first-order chi connectivity index (χ1) is 14.9. The fourth-order valence-electron chi connectivity index (χ4n) is 3.84. The molecule has 4 rings (SSSR count). The van der Waals surface area contributed by atoms with Crippen molar-refractivity contribution in [2.24, 2.45) is 0 Å². The van der Waals surface area contributed by atoms with E-state index in [1.165, 1.54) is 18.3 Å². The summed E-state index contributed by atoms with van der Waals surface area (Å²) < 4.78 is 13.3. The van der Waals surface area contributed by atoms with Gasteiger partial charge in [0.25, 0.3) is 5.91 Å². The van der Waals surface area contributed by atoms with Crippen molar-refractivity contribution in [1.29, 1.82) is 0 Å². The number of H-pyrrole nitrogens is 1. The summed E-state index contributed by atoms with van der Waals surface area (Å²) in [6, 6.07) is 11.2. The highest BCUT2D eigenvalue weighted by molar-refractivity contribution is 6.17. The molecule has 31 heavy (non-hydrogen) atoms. The number of rotatable bonds is 4. The van der Waals surface area contributed by atoms with Crippen LogP contribution < -0.4 is 5.32 Å². The second-order valence-corrected chi connectivity index (χ2v) is 7.21. The first-order valence-electron chi connectivity index (χ1n) is 9.81. The van der Waals surface area contributed by atoms with Crippen molar-refractivity contribution < 1.29 is 23.9 Å². The minimum atomic E-state index is -1.23. The molecule has 0 saturated carbocycles. The van der Waals surface area contributed by atoms with Gasteiger partial charge in [-0.05, 0) is 42.8 Å². The van der Waals surface area contributed by atoms with Gasteiger partial charge in [0.2, 0.25) is 5.91 Å². The number of carboxylic acids is 1. The van der Waals surface area contributed by atoms with E-state index in [1.807, 2.05) is 24.3 Å². The standard InChI is InChI=1S/C23H20FN3O4/c1-2-25-21(28)19-11-16-15-5-3-4-6-18(15)26-20(16)17(23(30)31)12-27(19)22(29)13-7-9-14(24)10-8-13/h3-10,12,19,26H,2,11H2,1H3,(H,25,28)(H,30,31). The van der Waals surface area contributed by atoms with Crippen molar-refractivity contribution in [2.45, 2.75) is 19.4 Å². The van der Waals surface area contributed by atoms with Crippen LogP contribution in [0.2, 0.25) is 0 Å². The molecule has 1 unspecified atom stereocenters. The maximum absolute atomic E-state index is 13.3. The molecule has 7 nitrogen and oxygen atoms in total. The lowest BCUT2D eigenvalue weighted by molar-refractivity contribution is -0.130. The van der Waals surface area contributed by atoms with Crippen LogP contribution in [0.4, 0.5) is 4.39 Å². The number of amides is 2. The van der Waals surface area contributed by atoms with Crippen molar-refractivity contribution in [1.82, 2.24) is 15.2 Å². The van der Waals surface area contributed by atoms with Gasteiger partial charge in [-0.2, -0.15) is 0 Å². The van der Waals surface area contributed by atoms with Gasteiger partial charge in [-0.15, -0.1) is 0 Å². The fraction of sp³-hybridized carbons (Fsp3) is 0.174. The summed E-state index contributed by atoms with van der Waals surface area (Å²) in [7, 11) is 0. The molecule has 1 aliphatic heterocycles. The predicted octanol–water partition coefficient (Wildman–Crippen LogP) is 2.94. The number of benzene rings is 2. The Balaban J connectivity index is 1.90. The Bertz CT molecular complexity index is 1210. The number of aliphatic carboxylic acids is 1. The van der Waals surface area contributed by atoms with Crippen LogP contribution in [-0.2, 0) is 16.0 Å². The number of nitrogens with zero attached hydrogens (tertiary/aromatic N) is 1. The average molecular weight is 421 g/mol. The number of halogens is 1. The molecule has 0 bridgehead atoms. The third-order valence-electron chi connectivity index (χ3n) is 5.29. The van der Waals surface area contributed by atoms with Gasteiger partial charge in [0.05, 0.1) is 11.3 Å². The third-order valence-corrected chi connectivity index (χ3v) is 5.29. The number of hydrogen-bond donors (Lipinski definition) is 3. The molecule has 2 heterocycles. The number of carbonyl (C=O) groups is 3. The summed E-state index contributed by atoms with van der Waals surface area (Å²) in [6.07, 6.45) is 1.31. The zero-order valence-electron chi connectivity index (χ0n) is 16.7. The number of hydrogen-bond acceptors (Lipinski definition) is 3. The Morgan fingerprint density at radius 3 is 2.55 bits per heavy atom. The number of nitrogens with one attached hydrogen (secondary N) is 2. The number of aromatic nitrogens is 1. The molecule has 0 fully saturated rings. The van der Waals surface area contributed by atoms with Gasteiger partial charge in [0.1, 0.15) is 11.9 Å². The van der Waals surface area contributed by atoms with Crippen LogP contribution in [0.15, 0.2) is 54.7 Å². The number of carboxylic acid groups (broad SMARTS) is 1. The largest absolute Gasteiger partial charge is 0.478 e. The van der Waals surface area contributed by atoms with E-state index in [4.69, 9.17) is 0 Å². The lowest BCUT2D eigenvalue weighted by Crippen LogP contribution is -2.48. The van der Waals surface area contributed by atoms with E-state index in [1.54, 1.807) is 6.92 Å². The number of likely N-dealkylation sites (N-methyl/N-ethyl adjacent to an activating group) is 1. The molecule has 0 radical (unpaired) electrons. The number of para-hydroxylation sites is 1. The molecule has 1 atom stereocenters. The van der Waals surface area contributed by atoms with Crippen molar-refractivity contribution in [3.8, 4) is 0 Å². The molecule has 2 amide bonds. The van der Waals surface area contributed by atoms with Crippen molar-refractivity contribution >= 4 is 34.3 Å². The number of fused-ring (bicyclic) bond motifs is 3. The maximum atomic E-state index is 13.3. The summed E-state index contributed by atoms with van der Waals surface area (Å²) in [5, 5.41) is 13.4. The maximum Gasteiger partial charge on any atom is 0.339 e. The first-order valence-corrected chi connectivity index (χ1v) is 9.81. The second-order valence-electron chi connectivity index (χ2n) is 7.21. The highest BCUT2D eigenvalue weighted by atomic mass is 19.1. The van der Waals surface area contributed by atoms with E-state index in [0.29, 0.717) is 17.8 Å². The first kappa shape index (κ1) is 20.3. The zero-order chi connectivity index (χ0) is 22.1. The SMILES string of the molecule is CCNC(=O)C1Cc2c([nH]c3ccccc23)C(C(=O)O)=CN1C(=O)c1ccc(F)cc1. The van der Waals surface area contributed by atoms with Crippen LogP contribution in [0.5, 0.6) is 0 Å². The molecule has 1 aromatic heterocycles. The van der Waals surface area contributed by atoms with E-state index < -0.39 is 29.6 Å². The van der Waals surface area contributed by atoms with Crippen LogP contribution >= 0.6 is 0 Å². The van der Waals surface area contributed by atoms with Crippen molar-refractivity contribution in [3.05, 3.63) is 77.4 Å². The highest BCUT2D eigenvalue weighted by Crippen LogP contribution is 2.33. The van der Waals surface area contributed by atoms with E-state index in [-0.39, 0.29) is 17.6 Å². The molecule has 158 valence electrons. The molecule has 0 aliphatic carbocycles. The normalized spacial score (nSPS) is 15.7. The van der Waals surface area contributed by atoms with Crippen LogP contribution in [0.3, 0.4) is 0 Å². The summed E-state index contributed by atoms with van der Waals surface area (Å²) in [5.74, 6) is -2.74. The summed E-state index contributed by atoms with van der Waals surface area (Å²) >= 11 is 0. The molecule has 2 aromatic carbocycles. The Kier molecular flexibility index (Phi) is 5.29. The quantitative estimate of drug-likeness (QED) is 0.603. The van der Waals surface area contributed by atoms with Crippen LogP contribution in [0.1, 0.15) is 28.5 Å². The Labute approximate surface area is 177 Å². The average Bonchev–Trinajstić information content (AvgIpc) is 3.01. The minimum Gasteiger partial charge on any atom is -0.478 e. The second kappa shape index (κ2) is 8.06. The smallest absolute Gasteiger partial charge is 0.339 e. The summed E-state index contributed by atoms with van der Waals surface area (Å²) in [6.45, 7) is 2.11. The van der Waals surface area contributed by atoms with Crippen molar-refractivity contribution in [3.63, 3.8) is 0 Å². The Morgan fingerprint density at radius 2 is 1.87 bits per heavy atom. The lowest BCUT2D eigenvalue weighted by Gasteiger charge is -2.27. The van der Waals surface area contributed by atoms with Crippen molar-refractivity contribution in [2.75, 3.05) is 6.54 Å². The fourth-order valence-corrected chi connectivity index (χ4v) is 3.84. The predicted molar refractivity (Wildman–Crippen MR) is 113 cm³/mol. The van der Waals surface area contributed by atoms with Gasteiger partial charge in [-0.1, -0.05) is 18.2 Å². The number of aromatic amines is 1. The Morgan fingerprint density at radius 1 is 1.16 bits per heavy atom. The molecule has 3 N–H and O–H groups in total. The van der Waals surface area contributed by atoms with Gasteiger partial charge in [0, 0.05) is 35.6 Å². The van der Waals surface area contributed by atoms with Crippen LogP contribution in [0.25, 0.3) is 16.5 Å². The van der Waals surface area contributed by atoms with Gasteiger partial charge in [-0.3, -0.25) is 9.59 Å². The molecule has 1 aliphatic rings. The zero-order valence-corrected chi connectivity index (χ0v) is 16.7. The molecule has 0 saturated heterocycles. The molecule has 3 aromatic rings. The minimum absolute atomic E-state index is 0.116. The van der Waals surface area contributed by atoms with Gasteiger partial charge >= 0.3 is 5.97 Å². The molecule has 8 heteroatoms. The summed E-state index contributed by atoms with van der Waals surface area (Å²) in [4.78, 5) is 42.6. The molecular weight excluding hydrogens is 401 g/mol.